The Bertz CT molecular complexity index is 738. The summed E-state index contributed by atoms with van der Waals surface area (Å²) in [6.07, 6.45) is 0. The van der Waals surface area contributed by atoms with Crippen LogP contribution < -0.4 is 0 Å². The summed E-state index contributed by atoms with van der Waals surface area (Å²) in [4.78, 5) is 17.0. The average molecular weight is 354 g/mol. The maximum absolute atomic E-state index is 13.0. The van der Waals surface area contributed by atoms with Gasteiger partial charge in [-0.3, -0.25) is 9.69 Å². The first-order valence-electron chi connectivity index (χ1n) is 8.50. The summed E-state index contributed by atoms with van der Waals surface area (Å²) < 4.78 is 29.9. The second-order valence-electron chi connectivity index (χ2n) is 7.43. The van der Waals surface area contributed by atoms with Crippen molar-refractivity contribution in [2.75, 3.05) is 31.1 Å². The second-order valence-corrected chi connectivity index (χ2v) is 9.58. The first-order chi connectivity index (χ1) is 11.2. The van der Waals surface area contributed by atoms with Crippen LogP contribution in [0.25, 0.3) is 0 Å². The van der Waals surface area contributed by atoms with Gasteiger partial charge in [0.15, 0.2) is 9.84 Å². The maximum atomic E-state index is 13.0. The molecule has 3 heterocycles. The van der Waals surface area contributed by atoms with Crippen LogP contribution >= 0.6 is 0 Å². The van der Waals surface area contributed by atoms with Gasteiger partial charge in [0, 0.05) is 25.7 Å². The lowest BCUT2D eigenvalue weighted by Gasteiger charge is -2.44. The highest BCUT2D eigenvalue weighted by Crippen LogP contribution is 2.29. The van der Waals surface area contributed by atoms with Gasteiger partial charge < -0.3 is 9.32 Å². The molecule has 1 aromatic rings. The third-order valence-corrected chi connectivity index (χ3v) is 6.62. The molecule has 1 aromatic heterocycles. The van der Waals surface area contributed by atoms with E-state index in [2.05, 4.69) is 18.7 Å². The highest BCUT2D eigenvalue weighted by Gasteiger charge is 2.48. The number of hydrogen-bond acceptors (Lipinski definition) is 5. The fourth-order valence-corrected chi connectivity index (χ4v) is 5.98. The van der Waals surface area contributed by atoms with Crippen molar-refractivity contribution in [3.05, 3.63) is 23.2 Å². The lowest BCUT2D eigenvalue weighted by atomic mass is 10.0. The Kier molecular flexibility index (Phi) is 4.51. The van der Waals surface area contributed by atoms with Crippen LogP contribution in [0, 0.1) is 19.8 Å². The number of hydrogen-bond donors (Lipinski definition) is 0. The number of rotatable bonds is 3. The van der Waals surface area contributed by atoms with Crippen LogP contribution in [0.2, 0.25) is 0 Å². The Hall–Kier alpha value is -1.34. The zero-order valence-corrected chi connectivity index (χ0v) is 15.6. The number of carbonyl (C=O) groups is 1. The first-order valence-corrected chi connectivity index (χ1v) is 10.3. The van der Waals surface area contributed by atoms with Gasteiger partial charge in [-0.1, -0.05) is 13.8 Å². The molecule has 2 atom stereocenters. The molecule has 2 fully saturated rings. The summed E-state index contributed by atoms with van der Waals surface area (Å²) in [6, 6.07) is 1.39. The number of fused-ring (bicyclic) bond motifs is 1. The lowest BCUT2D eigenvalue weighted by molar-refractivity contribution is 0.0296. The topological polar surface area (TPSA) is 70.8 Å². The minimum atomic E-state index is -3.11. The first kappa shape index (κ1) is 17.5. The SMILES string of the molecule is Cc1cc(C(=O)N2CCN(CC(C)C)[C@H]3CS(=O)(=O)C[C@H]32)c(C)o1. The molecule has 0 saturated carbocycles. The molecular weight excluding hydrogens is 328 g/mol. The van der Waals surface area contributed by atoms with Crippen LogP contribution in [0.15, 0.2) is 10.5 Å². The molecule has 134 valence electrons. The molecule has 0 N–H and O–H groups in total. The van der Waals surface area contributed by atoms with Crippen LogP contribution in [-0.4, -0.2) is 67.3 Å². The van der Waals surface area contributed by atoms with Gasteiger partial charge in [-0.05, 0) is 25.8 Å². The molecule has 0 radical (unpaired) electrons. The normalized spacial score (nSPS) is 26.8. The Labute approximate surface area is 143 Å². The van der Waals surface area contributed by atoms with Gasteiger partial charge in [-0.2, -0.15) is 0 Å². The highest BCUT2D eigenvalue weighted by atomic mass is 32.2. The van der Waals surface area contributed by atoms with Crippen LogP contribution in [-0.2, 0) is 9.84 Å². The van der Waals surface area contributed by atoms with Crippen LogP contribution in [0.3, 0.4) is 0 Å². The van der Waals surface area contributed by atoms with E-state index in [1.807, 2.05) is 6.92 Å². The number of nitrogens with zero attached hydrogens (tertiary/aromatic N) is 2. The lowest BCUT2D eigenvalue weighted by Crippen LogP contribution is -2.61. The molecular formula is C17H26N2O4S. The Morgan fingerprint density at radius 3 is 2.50 bits per heavy atom. The van der Waals surface area contributed by atoms with Gasteiger partial charge >= 0.3 is 0 Å². The van der Waals surface area contributed by atoms with Crippen LogP contribution in [0.4, 0.5) is 0 Å². The molecule has 2 saturated heterocycles. The molecule has 1 amide bonds. The van der Waals surface area contributed by atoms with Crippen LogP contribution in [0.1, 0.15) is 35.7 Å². The van der Waals surface area contributed by atoms with E-state index in [1.165, 1.54) is 0 Å². The third kappa shape index (κ3) is 3.24. The number of furan rings is 1. The Morgan fingerprint density at radius 2 is 1.92 bits per heavy atom. The summed E-state index contributed by atoms with van der Waals surface area (Å²) in [5, 5.41) is 0. The van der Waals surface area contributed by atoms with Crippen molar-refractivity contribution >= 4 is 15.7 Å². The maximum Gasteiger partial charge on any atom is 0.257 e. The number of carbonyl (C=O) groups excluding carboxylic acids is 1. The van der Waals surface area contributed by atoms with Crippen molar-refractivity contribution in [1.29, 1.82) is 0 Å². The van der Waals surface area contributed by atoms with Crippen LogP contribution in [0.5, 0.6) is 0 Å². The minimum absolute atomic E-state index is 0.0634. The molecule has 24 heavy (non-hydrogen) atoms. The third-order valence-electron chi connectivity index (χ3n) is 4.92. The van der Waals surface area contributed by atoms with E-state index >= 15 is 0 Å². The van der Waals surface area contributed by atoms with Gasteiger partial charge in [0.1, 0.15) is 11.5 Å². The number of amides is 1. The Balaban J connectivity index is 1.88. The molecule has 2 aliphatic heterocycles. The zero-order valence-electron chi connectivity index (χ0n) is 14.8. The quantitative estimate of drug-likeness (QED) is 0.822. The fraction of sp³-hybridized carbons (Fsp3) is 0.706. The summed E-state index contributed by atoms with van der Waals surface area (Å²) in [5.41, 5.74) is 0.549. The van der Waals surface area contributed by atoms with Crippen molar-refractivity contribution in [2.45, 2.75) is 39.8 Å². The smallest absolute Gasteiger partial charge is 0.257 e. The molecule has 0 aromatic carbocycles. The van der Waals surface area contributed by atoms with Gasteiger partial charge in [0.2, 0.25) is 0 Å². The molecule has 0 aliphatic carbocycles. The van der Waals surface area contributed by atoms with Crippen molar-refractivity contribution in [3.8, 4) is 0 Å². The van der Waals surface area contributed by atoms with E-state index in [1.54, 1.807) is 17.9 Å². The minimum Gasteiger partial charge on any atom is -0.466 e. The van der Waals surface area contributed by atoms with Gasteiger partial charge in [0.25, 0.3) is 5.91 Å². The van der Waals surface area contributed by atoms with Gasteiger partial charge in [-0.25, -0.2) is 8.42 Å². The summed E-state index contributed by atoms with van der Waals surface area (Å²) in [7, 11) is -3.11. The monoisotopic (exact) mass is 354 g/mol. The molecule has 7 heteroatoms. The molecule has 0 bridgehead atoms. The van der Waals surface area contributed by atoms with Crippen molar-refractivity contribution in [2.24, 2.45) is 5.92 Å². The van der Waals surface area contributed by atoms with Gasteiger partial charge in [0.05, 0.1) is 23.1 Å². The van der Waals surface area contributed by atoms with E-state index in [-0.39, 0.29) is 29.5 Å². The highest BCUT2D eigenvalue weighted by molar-refractivity contribution is 7.91. The Morgan fingerprint density at radius 1 is 1.25 bits per heavy atom. The van der Waals surface area contributed by atoms with E-state index in [4.69, 9.17) is 4.42 Å². The summed E-state index contributed by atoms with van der Waals surface area (Å²) in [6.45, 7) is 10.00. The number of aryl methyl sites for hydroxylation is 2. The van der Waals surface area contributed by atoms with Gasteiger partial charge in [-0.15, -0.1) is 0 Å². The molecule has 0 spiro atoms. The summed E-state index contributed by atoms with van der Waals surface area (Å²) >= 11 is 0. The predicted octanol–water partition coefficient (Wildman–Crippen LogP) is 1.48. The van der Waals surface area contributed by atoms with E-state index in [0.717, 1.165) is 13.1 Å². The number of sulfone groups is 1. The van der Waals surface area contributed by atoms with Crippen molar-refractivity contribution in [1.82, 2.24) is 9.80 Å². The second kappa shape index (κ2) is 6.19. The van der Waals surface area contributed by atoms with Crippen molar-refractivity contribution in [3.63, 3.8) is 0 Å². The van der Waals surface area contributed by atoms with Crippen molar-refractivity contribution < 1.29 is 17.6 Å². The predicted molar refractivity (Wildman–Crippen MR) is 91.9 cm³/mol. The molecule has 3 rings (SSSR count). The molecule has 0 unspecified atom stereocenters. The standard InChI is InChI=1S/C17H26N2O4S/c1-11(2)8-18-5-6-19(16-10-24(21,22)9-15(16)18)17(20)14-7-12(3)23-13(14)4/h7,11,15-16H,5-6,8-10H2,1-4H3/t15-,16+/m0/s1. The van der Waals surface area contributed by atoms with E-state index in [9.17, 15) is 13.2 Å². The average Bonchev–Trinajstić information content (AvgIpc) is 2.96. The van der Waals surface area contributed by atoms with E-state index in [0.29, 0.717) is 29.5 Å². The largest absolute Gasteiger partial charge is 0.466 e. The zero-order chi connectivity index (χ0) is 17.6. The fourth-order valence-electron chi connectivity index (χ4n) is 3.97. The number of piperazine rings is 1. The molecule has 6 nitrogen and oxygen atoms in total. The summed E-state index contributed by atoms with van der Waals surface area (Å²) in [5.74, 6) is 1.87. The molecule has 2 aliphatic rings. The van der Waals surface area contributed by atoms with E-state index < -0.39 is 9.84 Å².